The molecule has 1 aromatic carbocycles. The van der Waals surface area contributed by atoms with Gasteiger partial charge in [0.25, 0.3) is 5.69 Å². The van der Waals surface area contributed by atoms with Crippen molar-refractivity contribution in [3.63, 3.8) is 0 Å². The molecule has 0 amide bonds. The van der Waals surface area contributed by atoms with Crippen LogP contribution < -0.4 is 0 Å². The standard InChI is InChI=1S/C13H12N2O3/c16-13(10-4-2-1-3-5-10)8-11-6-7-14-9-12(11)15(17)18/h1-7,9,13,16H,8H2. The van der Waals surface area contributed by atoms with E-state index < -0.39 is 11.0 Å². The summed E-state index contributed by atoms with van der Waals surface area (Å²) in [5.41, 5.74) is 1.16. The third kappa shape index (κ3) is 2.70. The molecule has 18 heavy (non-hydrogen) atoms. The molecule has 1 unspecified atom stereocenters. The molecule has 0 saturated carbocycles. The number of hydrogen-bond acceptors (Lipinski definition) is 4. The number of nitro groups is 1. The lowest BCUT2D eigenvalue weighted by Gasteiger charge is -2.10. The van der Waals surface area contributed by atoms with E-state index in [1.165, 1.54) is 12.4 Å². The minimum absolute atomic E-state index is 0.0625. The van der Waals surface area contributed by atoms with Crippen molar-refractivity contribution in [3.8, 4) is 0 Å². The maximum absolute atomic E-state index is 10.8. The van der Waals surface area contributed by atoms with Crippen LogP contribution in [0.1, 0.15) is 17.2 Å². The summed E-state index contributed by atoms with van der Waals surface area (Å²) in [6.07, 6.45) is 2.13. The minimum atomic E-state index is -0.757. The molecule has 0 aliphatic heterocycles. The van der Waals surface area contributed by atoms with Gasteiger partial charge in [-0.05, 0) is 11.6 Å². The highest BCUT2D eigenvalue weighted by molar-refractivity contribution is 5.38. The molecule has 5 heteroatoms. The van der Waals surface area contributed by atoms with Crippen molar-refractivity contribution in [2.24, 2.45) is 0 Å². The number of nitrogens with zero attached hydrogens (tertiary/aromatic N) is 2. The molecule has 5 nitrogen and oxygen atoms in total. The zero-order valence-corrected chi connectivity index (χ0v) is 9.56. The van der Waals surface area contributed by atoms with Gasteiger partial charge in [-0.3, -0.25) is 15.1 Å². The fraction of sp³-hybridized carbons (Fsp3) is 0.154. The van der Waals surface area contributed by atoms with Crippen molar-refractivity contribution in [1.29, 1.82) is 0 Å². The topological polar surface area (TPSA) is 76.3 Å². The Morgan fingerprint density at radius 3 is 2.67 bits per heavy atom. The molecule has 0 aliphatic rings. The van der Waals surface area contributed by atoms with E-state index in [-0.39, 0.29) is 12.1 Å². The van der Waals surface area contributed by atoms with Crippen molar-refractivity contribution >= 4 is 5.69 Å². The van der Waals surface area contributed by atoms with Gasteiger partial charge in [0.15, 0.2) is 0 Å². The number of aromatic nitrogens is 1. The third-order valence-electron chi connectivity index (χ3n) is 2.68. The number of hydrogen-bond donors (Lipinski definition) is 1. The quantitative estimate of drug-likeness (QED) is 0.661. The molecular weight excluding hydrogens is 232 g/mol. The number of aliphatic hydroxyl groups excluding tert-OH is 1. The third-order valence-corrected chi connectivity index (χ3v) is 2.68. The monoisotopic (exact) mass is 244 g/mol. The van der Waals surface area contributed by atoms with Gasteiger partial charge in [0, 0.05) is 18.2 Å². The van der Waals surface area contributed by atoms with Crippen LogP contribution in [0.4, 0.5) is 5.69 Å². The Hall–Kier alpha value is -2.27. The zero-order valence-electron chi connectivity index (χ0n) is 9.56. The first-order valence-electron chi connectivity index (χ1n) is 5.49. The van der Waals surface area contributed by atoms with E-state index >= 15 is 0 Å². The van der Waals surface area contributed by atoms with Gasteiger partial charge in [-0.15, -0.1) is 0 Å². The van der Waals surface area contributed by atoms with Gasteiger partial charge in [-0.2, -0.15) is 0 Å². The second-order valence-corrected chi connectivity index (χ2v) is 3.89. The summed E-state index contributed by atoms with van der Waals surface area (Å²) < 4.78 is 0. The second-order valence-electron chi connectivity index (χ2n) is 3.89. The summed E-state index contributed by atoms with van der Waals surface area (Å²) in [5, 5.41) is 20.9. The first-order chi connectivity index (χ1) is 8.68. The van der Waals surface area contributed by atoms with E-state index in [1.807, 2.05) is 18.2 Å². The van der Waals surface area contributed by atoms with Gasteiger partial charge >= 0.3 is 0 Å². The SMILES string of the molecule is O=[N+]([O-])c1cnccc1CC(O)c1ccccc1. The molecule has 0 saturated heterocycles. The lowest BCUT2D eigenvalue weighted by molar-refractivity contribution is -0.386. The molecule has 1 aromatic heterocycles. The molecule has 1 N–H and O–H groups in total. The van der Waals surface area contributed by atoms with Gasteiger partial charge in [0.05, 0.1) is 11.0 Å². The minimum Gasteiger partial charge on any atom is -0.388 e. The van der Waals surface area contributed by atoms with Crippen molar-refractivity contribution in [2.45, 2.75) is 12.5 Å². The normalized spacial score (nSPS) is 12.1. The average Bonchev–Trinajstić information content (AvgIpc) is 2.40. The molecule has 92 valence electrons. The molecule has 2 aromatic rings. The summed E-state index contributed by atoms with van der Waals surface area (Å²) in [6.45, 7) is 0. The Labute approximate surface area is 104 Å². The Morgan fingerprint density at radius 2 is 2.00 bits per heavy atom. The highest BCUT2D eigenvalue weighted by Gasteiger charge is 2.17. The van der Waals surface area contributed by atoms with E-state index in [0.717, 1.165) is 5.56 Å². The van der Waals surface area contributed by atoms with E-state index in [1.54, 1.807) is 18.2 Å². The van der Waals surface area contributed by atoms with Crippen molar-refractivity contribution in [3.05, 3.63) is 70.0 Å². The Balaban J connectivity index is 2.22. The van der Waals surface area contributed by atoms with E-state index in [0.29, 0.717) is 5.56 Å². The number of aliphatic hydroxyl groups is 1. The van der Waals surface area contributed by atoms with E-state index in [9.17, 15) is 15.2 Å². The number of rotatable bonds is 4. The first kappa shape index (κ1) is 12.2. The molecule has 0 spiro atoms. The fourth-order valence-electron chi connectivity index (χ4n) is 1.75. The van der Waals surface area contributed by atoms with Crippen LogP contribution in [-0.4, -0.2) is 15.0 Å². The highest BCUT2D eigenvalue weighted by Crippen LogP contribution is 2.23. The lowest BCUT2D eigenvalue weighted by Crippen LogP contribution is -2.04. The summed E-state index contributed by atoms with van der Waals surface area (Å²) in [7, 11) is 0. The first-order valence-corrected chi connectivity index (χ1v) is 5.49. The van der Waals surface area contributed by atoms with Gasteiger partial charge in [-0.1, -0.05) is 30.3 Å². The van der Waals surface area contributed by atoms with Crippen molar-refractivity contribution < 1.29 is 10.0 Å². The molecule has 0 aliphatic carbocycles. The lowest BCUT2D eigenvalue weighted by atomic mass is 10.0. The van der Waals surface area contributed by atoms with Crippen LogP contribution in [0.15, 0.2) is 48.8 Å². The molecule has 2 rings (SSSR count). The zero-order chi connectivity index (χ0) is 13.0. The molecule has 0 bridgehead atoms. The van der Waals surface area contributed by atoms with Crippen LogP contribution in [0.2, 0.25) is 0 Å². The summed E-state index contributed by atoms with van der Waals surface area (Å²) >= 11 is 0. The fourth-order valence-corrected chi connectivity index (χ4v) is 1.75. The Bertz CT molecular complexity index is 543. The maximum atomic E-state index is 10.8. The molecular formula is C13H12N2O3. The molecule has 1 heterocycles. The summed E-state index contributed by atoms with van der Waals surface area (Å²) in [4.78, 5) is 14.1. The van der Waals surface area contributed by atoms with Crippen molar-refractivity contribution in [2.75, 3.05) is 0 Å². The van der Waals surface area contributed by atoms with Crippen LogP contribution in [0.3, 0.4) is 0 Å². The van der Waals surface area contributed by atoms with E-state index in [2.05, 4.69) is 4.98 Å². The van der Waals surface area contributed by atoms with Crippen molar-refractivity contribution in [1.82, 2.24) is 4.98 Å². The number of pyridine rings is 1. The molecule has 1 atom stereocenters. The molecule has 0 fully saturated rings. The summed E-state index contributed by atoms with van der Waals surface area (Å²) in [5.74, 6) is 0. The van der Waals surface area contributed by atoms with Gasteiger partial charge in [-0.25, -0.2) is 0 Å². The van der Waals surface area contributed by atoms with Crippen LogP contribution in [0, 0.1) is 10.1 Å². The van der Waals surface area contributed by atoms with Crippen LogP contribution >= 0.6 is 0 Å². The van der Waals surface area contributed by atoms with Crippen LogP contribution in [0.5, 0.6) is 0 Å². The van der Waals surface area contributed by atoms with Gasteiger partial charge in [0.1, 0.15) is 6.20 Å². The molecule has 0 radical (unpaired) electrons. The Morgan fingerprint density at radius 1 is 1.28 bits per heavy atom. The second kappa shape index (κ2) is 5.37. The van der Waals surface area contributed by atoms with Crippen LogP contribution in [0.25, 0.3) is 0 Å². The average molecular weight is 244 g/mol. The predicted molar refractivity (Wildman–Crippen MR) is 66.0 cm³/mol. The number of benzene rings is 1. The van der Waals surface area contributed by atoms with Gasteiger partial charge in [0.2, 0.25) is 0 Å². The van der Waals surface area contributed by atoms with Crippen LogP contribution in [-0.2, 0) is 6.42 Å². The van der Waals surface area contributed by atoms with E-state index in [4.69, 9.17) is 0 Å². The highest BCUT2D eigenvalue weighted by atomic mass is 16.6. The maximum Gasteiger partial charge on any atom is 0.290 e. The van der Waals surface area contributed by atoms with Gasteiger partial charge < -0.3 is 5.11 Å². The largest absolute Gasteiger partial charge is 0.388 e. The predicted octanol–water partition coefficient (Wildman–Crippen LogP) is 2.27. The summed E-state index contributed by atoms with van der Waals surface area (Å²) in [6, 6.07) is 10.6. The Kier molecular flexibility index (Phi) is 3.64. The smallest absolute Gasteiger partial charge is 0.290 e.